The largest absolute Gasteiger partial charge is 0.271 e. The van der Waals surface area contributed by atoms with E-state index in [-0.39, 0.29) is 5.91 Å². The van der Waals surface area contributed by atoms with Gasteiger partial charge in [-0.25, -0.2) is 5.43 Å². The van der Waals surface area contributed by atoms with Gasteiger partial charge in [-0.1, -0.05) is 49.4 Å². The number of nitrogens with zero attached hydrogens (tertiary/aromatic N) is 1. The van der Waals surface area contributed by atoms with Gasteiger partial charge in [-0.2, -0.15) is 5.10 Å². The Morgan fingerprint density at radius 1 is 1.00 bits per heavy atom. The second-order valence-electron chi connectivity index (χ2n) is 4.55. The molecule has 2 aromatic carbocycles. The van der Waals surface area contributed by atoms with Crippen molar-refractivity contribution in [2.24, 2.45) is 5.10 Å². The van der Waals surface area contributed by atoms with Crippen LogP contribution in [0, 0.1) is 0 Å². The highest BCUT2D eigenvalue weighted by Crippen LogP contribution is 2.06. The molecule has 0 heterocycles. The average molecular weight is 266 g/mol. The Hall–Kier alpha value is -2.42. The lowest BCUT2D eigenvalue weighted by Crippen LogP contribution is -2.19. The fraction of sp³-hybridized carbons (Fsp3) is 0.176. The van der Waals surface area contributed by atoms with Crippen molar-refractivity contribution >= 4 is 11.6 Å². The molecular formula is C17H18N2O. The Morgan fingerprint density at radius 2 is 1.65 bits per heavy atom. The molecule has 0 atom stereocenters. The maximum atomic E-state index is 11.9. The molecule has 0 bridgehead atoms. The summed E-state index contributed by atoms with van der Waals surface area (Å²) in [4.78, 5) is 11.9. The molecule has 2 rings (SSSR count). The minimum Gasteiger partial charge on any atom is -0.267 e. The van der Waals surface area contributed by atoms with E-state index < -0.39 is 0 Å². The van der Waals surface area contributed by atoms with Crippen LogP contribution in [0.1, 0.15) is 35.3 Å². The van der Waals surface area contributed by atoms with Gasteiger partial charge in [-0.3, -0.25) is 4.79 Å². The summed E-state index contributed by atoms with van der Waals surface area (Å²) < 4.78 is 0. The van der Waals surface area contributed by atoms with Crippen LogP contribution >= 0.6 is 0 Å². The molecule has 0 aliphatic carbocycles. The lowest BCUT2D eigenvalue weighted by Gasteiger charge is -2.04. The van der Waals surface area contributed by atoms with Gasteiger partial charge in [0, 0.05) is 5.56 Å². The van der Waals surface area contributed by atoms with E-state index >= 15 is 0 Å². The number of hydrazone groups is 1. The van der Waals surface area contributed by atoms with E-state index in [2.05, 4.69) is 29.6 Å². The molecule has 1 N–H and O–H groups in total. The molecule has 0 radical (unpaired) electrons. The number of carbonyl (C=O) groups is 1. The van der Waals surface area contributed by atoms with Gasteiger partial charge in [-0.15, -0.1) is 0 Å². The van der Waals surface area contributed by atoms with E-state index in [9.17, 15) is 4.79 Å². The number of nitrogens with one attached hydrogen (secondary N) is 1. The van der Waals surface area contributed by atoms with Gasteiger partial charge in [0.2, 0.25) is 0 Å². The Labute approximate surface area is 119 Å². The highest BCUT2D eigenvalue weighted by molar-refractivity contribution is 6.00. The first-order valence-corrected chi connectivity index (χ1v) is 6.69. The number of amides is 1. The number of rotatable bonds is 4. The van der Waals surface area contributed by atoms with Crippen molar-refractivity contribution in [2.45, 2.75) is 20.3 Å². The first-order chi connectivity index (χ1) is 9.70. The predicted molar refractivity (Wildman–Crippen MR) is 81.9 cm³/mol. The SMILES string of the molecule is CCc1ccc(/C(C)=N/NC(=O)c2ccccc2)cc1. The standard InChI is InChI=1S/C17H18N2O/c1-3-14-9-11-15(12-10-14)13(2)18-19-17(20)16-7-5-4-6-8-16/h4-12H,3H2,1-2H3,(H,19,20)/b18-13+. The molecule has 0 aliphatic heterocycles. The van der Waals surface area contributed by atoms with Gasteiger partial charge in [0.1, 0.15) is 0 Å². The summed E-state index contributed by atoms with van der Waals surface area (Å²) in [5, 5.41) is 4.14. The third-order valence-electron chi connectivity index (χ3n) is 3.14. The maximum Gasteiger partial charge on any atom is 0.271 e. The van der Waals surface area contributed by atoms with Crippen molar-refractivity contribution in [3.8, 4) is 0 Å². The normalized spacial score (nSPS) is 11.2. The Morgan fingerprint density at radius 3 is 2.25 bits per heavy atom. The number of aryl methyl sites for hydroxylation is 1. The summed E-state index contributed by atoms with van der Waals surface area (Å²) in [6, 6.07) is 17.2. The van der Waals surface area contributed by atoms with E-state index in [1.54, 1.807) is 12.1 Å². The molecule has 1 amide bonds. The van der Waals surface area contributed by atoms with Gasteiger partial charge < -0.3 is 0 Å². The molecule has 20 heavy (non-hydrogen) atoms. The van der Waals surface area contributed by atoms with Crippen LogP contribution in [0.3, 0.4) is 0 Å². The van der Waals surface area contributed by atoms with E-state index in [0.717, 1.165) is 17.7 Å². The molecule has 102 valence electrons. The average Bonchev–Trinajstić information content (AvgIpc) is 2.53. The molecule has 2 aromatic rings. The third kappa shape index (κ3) is 3.54. The van der Waals surface area contributed by atoms with E-state index in [0.29, 0.717) is 5.56 Å². The number of benzene rings is 2. The molecule has 0 aromatic heterocycles. The summed E-state index contributed by atoms with van der Waals surface area (Å²) >= 11 is 0. The zero-order valence-electron chi connectivity index (χ0n) is 11.8. The lowest BCUT2D eigenvalue weighted by atomic mass is 10.1. The zero-order valence-corrected chi connectivity index (χ0v) is 11.8. The summed E-state index contributed by atoms with van der Waals surface area (Å²) in [6.45, 7) is 4.00. The number of carbonyl (C=O) groups excluding carboxylic acids is 1. The molecule has 3 heteroatoms. The Balaban J connectivity index is 2.05. The first-order valence-electron chi connectivity index (χ1n) is 6.69. The van der Waals surface area contributed by atoms with Crippen LogP contribution in [0.4, 0.5) is 0 Å². The second-order valence-corrected chi connectivity index (χ2v) is 4.55. The molecule has 0 spiro atoms. The van der Waals surface area contributed by atoms with Crippen LogP contribution in [0.2, 0.25) is 0 Å². The minimum absolute atomic E-state index is 0.199. The number of hydrogen-bond acceptors (Lipinski definition) is 2. The molecule has 0 saturated carbocycles. The van der Waals surface area contributed by atoms with Crippen LogP contribution in [-0.4, -0.2) is 11.6 Å². The maximum absolute atomic E-state index is 11.9. The van der Waals surface area contributed by atoms with Crippen molar-refractivity contribution in [3.63, 3.8) is 0 Å². The second kappa shape index (κ2) is 6.66. The summed E-state index contributed by atoms with van der Waals surface area (Å²) in [5.41, 5.74) is 6.26. The van der Waals surface area contributed by atoms with Crippen molar-refractivity contribution in [1.82, 2.24) is 5.43 Å². The topological polar surface area (TPSA) is 41.5 Å². The lowest BCUT2D eigenvalue weighted by molar-refractivity contribution is 0.0955. The van der Waals surface area contributed by atoms with E-state index in [1.165, 1.54) is 5.56 Å². The summed E-state index contributed by atoms with van der Waals surface area (Å²) in [5.74, 6) is -0.199. The fourth-order valence-electron chi connectivity index (χ4n) is 1.83. The van der Waals surface area contributed by atoms with Crippen molar-refractivity contribution in [1.29, 1.82) is 0 Å². The Kier molecular flexibility index (Phi) is 4.66. The van der Waals surface area contributed by atoms with Gasteiger partial charge in [-0.05, 0) is 36.6 Å². The van der Waals surface area contributed by atoms with Crippen LogP contribution in [-0.2, 0) is 6.42 Å². The predicted octanol–water partition coefficient (Wildman–Crippen LogP) is 3.40. The van der Waals surface area contributed by atoms with Gasteiger partial charge in [0.15, 0.2) is 0 Å². The van der Waals surface area contributed by atoms with Crippen LogP contribution in [0.25, 0.3) is 0 Å². The molecule has 0 saturated heterocycles. The fourth-order valence-corrected chi connectivity index (χ4v) is 1.83. The third-order valence-corrected chi connectivity index (χ3v) is 3.14. The highest BCUT2D eigenvalue weighted by Gasteiger charge is 2.03. The quantitative estimate of drug-likeness (QED) is 0.668. The highest BCUT2D eigenvalue weighted by atomic mass is 16.2. The van der Waals surface area contributed by atoms with Crippen LogP contribution < -0.4 is 5.43 Å². The minimum atomic E-state index is -0.199. The van der Waals surface area contributed by atoms with Crippen LogP contribution in [0.15, 0.2) is 59.7 Å². The summed E-state index contributed by atoms with van der Waals surface area (Å²) in [7, 11) is 0. The van der Waals surface area contributed by atoms with E-state index in [1.807, 2.05) is 37.3 Å². The van der Waals surface area contributed by atoms with Crippen LogP contribution in [0.5, 0.6) is 0 Å². The van der Waals surface area contributed by atoms with Gasteiger partial charge in [0.25, 0.3) is 5.91 Å². The van der Waals surface area contributed by atoms with Crippen molar-refractivity contribution in [2.75, 3.05) is 0 Å². The van der Waals surface area contributed by atoms with E-state index in [4.69, 9.17) is 0 Å². The molecule has 0 aliphatic rings. The first kappa shape index (κ1) is 14.0. The molecule has 0 unspecified atom stereocenters. The zero-order chi connectivity index (χ0) is 14.4. The van der Waals surface area contributed by atoms with Crippen molar-refractivity contribution in [3.05, 3.63) is 71.3 Å². The molecule has 3 nitrogen and oxygen atoms in total. The van der Waals surface area contributed by atoms with Gasteiger partial charge in [0.05, 0.1) is 5.71 Å². The molecule has 0 fully saturated rings. The summed E-state index contributed by atoms with van der Waals surface area (Å²) in [6.07, 6.45) is 1.02. The number of hydrogen-bond donors (Lipinski definition) is 1. The van der Waals surface area contributed by atoms with Gasteiger partial charge >= 0.3 is 0 Å². The molecular weight excluding hydrogens is 248 g/mol. The van der Waals surface area contributed by atoms with Crippen molar-refractivity contribution < 1.29 is 4.79 Å². The smallest absolute Gasteiger partial charge is 0.267 e. The monoisotopic (exact) mass is 266 g/mol. The Bertz CT molecular complexity index is 601.